The molecule has 1 aromatic carbocycles. The minimum absolute atomic E-state index is 0.0814. The fraction of sp³-hybridized carbons (Fsp3) is 0.269. The normalized spacial score (nSPS) is 17.0. The van der Waals surface area contributed by atoms with Gasteiger partial charge in [-0.25, -0.2) is 4.79 Å². The number of amides is 1. The molecule has 1 amide bonds. The van der Waals surface area contributed by atoms with Crippen molar-refractivity contribution in [3.63, 3.8) is 0 Å². The van der Waals surface area contributed by atoms with E-state index in [1.165, 1.54) is 6.20 Å². The lowest BCUT2D eigenvalue weighted by Crippen LogP contribution is -2.39. The quantitative estimate of drug-likeness (QED) is 0.357. The van der Waals surface area contributed by atoms with Crippen molar-refractivity contribution in [3.8, 4) is 11.1 Å². The van der Waals surface area contributed by atoms with E-state index in [0.717, 1.165) is 70.1 Å². The number of benzene rings is 1. The van der Waals surface area contributed by atoms with E-state index in [2.05, 4.69) is 21.0 Å². The van der Waals surface area contributed by atoms with Crippen molar-refractivity contribution < 1.29 is 4.79 Å². The van der Waals surface area contributed by atoms with Gasteiger partial charge in [-0.15, -0.1) is 0 Å². The molecule has 1 unspecified atom stereocenters. The Morgan fingerprint density at radius 2 is 2.00 bits per heavy atom. The monoisotopic (exact) mass is 469 g/mol. The molecular weight excluding hydrogens is 442 g/mol. The summed E-state index contributed by atoms with van der Waals surface area (Å²) in [5, 5.41) is 0.894. The standard InChI is InChI=1S/C26H27N7O2/c1-28-12-19(11-27)22-7-6-18(13-29-22)17-5-8-23-21(10-17)25-24(14-30-23)31(2)26(35)33(25)20-4-3-9-32(15-20)16-34/h5-8,10-14,16,20H,3-4,9,15,27H2,1-2H3. The van der Waals surface area contributed by atoms with Gasteiger partial charge in [0.25, 0.3) is 0 Å². The summed E-state index contributed by atoms with van der Waals surface area (Å²) in [6, 6.07) is 9.85. The molecular formula is C26H27N7O2. The number of nitrogens with two attached hydrogens (primary N) is 1. The Balaban J connectivity index is 1.65. The van der Waals surface area contributed by atoms with Crippen molar-refractivity contribution in [2.75, 3.05) is 20.1 Å². The van der Waals surface area contributed by atoms with Gasteiger partial charge in [-0.2, -0.15) is 0 Å². The minimum atomic E-state index is -0.0952. The number of hydrogen-bond donors (Lipinski definition) is 1. The number of pyridine rings is 2. The molecule has 0 spiro atoms. The van der Waals surface area contributed by atoms with E-state index in [0.29, 0.717) is 6.54 Å². The minimum Gasteiger partial charge on any atom is -0.404 e. The third-order valence-corrected chi connectivity index (χ3v) is 6.70. The summed E-state index contributed by atoms with van der Waals surface area (Å²) in [6.07, 6.45) is 9.29. The number of likely N-dealkylation sites (tertiary alicyclic amines) is 1. The molecule has 35 heavy (non-hydrogen) atoms. The number of imidazole rings is 1. The van der Waals surface area contributed by atoms with Crippen LogP contribution in [0.5, 0.6) is 0 Å². The molecule has 9 heteroatoms. The van der Waals surface area contributed by atoms with Crippen molar-refractivity contribution in [1.82, 2.24) is 24.0 Å². The number of nitrogens with zero attached hydrogens (tertiary/aromatic N) is 6. The summed E-state index contributed by atoms with van der Waals surface area (Å²) in [7, 11) is 3.46. The number of carbonyl (C=O) groups is 1. The van der Waals surface area contributed by atoms with Gasteiger partial charge in [0.05, 0.1) is 34.5 Å². The van der Waals surface area contributed by atoms with Crippen LogP contribution in [0.15, 0.2) is 58.7 Å². The maximum absolute atomic E-state index is 13.3. The highest BCUT2D eigenvalue weighted by molar-refractivity contribution is 6.09. The molecule has 0 radical (unpaired) electrons. The summed E-state index contributed by atoms with van der Waals surface area (Å²) in [5.41, 5.74) is 11.4. The number of rotatable bonds is 5. The maximum atomic E-state index is 13.3. The van der Waals surface area contributed by atoms with E-state index in [-0.39, 0.29) is 11.7 Å². The van der Waals surface area contributed by atoms with Gasteiger partial charge < -0.3 is 10.6 Å². The van der Waals surface area contributed by atoms with Crippen LogP contribution in [-0.2, 0) is 11.8 Å². The lowest BCUT2D eigenvalue weighted by molar-refractivity contribution is -0.119. The molecule has 178 valence electrons. The highest BCUT2D eigenvalue weighted by atomic mass is 16.2. The fourth-order valence-electron chi connectivity index (χ4n) is 4.90. The van der Waals surface area contributed by atoms with Crippen LogP contribution in [0.1, 0.15) is 24.6 Å². The highest BCUT2D eigenvalue weighted by Crippen LogP contribution is 2.31. The van der Waals surface area contributed by atoms with Crippen LogP contribution < -0.4 is 11.4 Å². The lowest BCUT2D eigenvalue weighted by atomic mass is 10.0. The largest absolute Gasteiger partial charge is 0.404 e. The number of allylic oxidation sites excluding steroid dienone is 1. The molecule has 5 rings (SSSR count). The molecule has 0 saturated carbocycles. The average Bonchev–Trinajstić information content (AvgIpc) is 3.17. The second-order valence-corrected chi connectivity index (χ2v) is 8.77. The second-order valence-electron chi connectivity index (χ2n) is 8.77. The van der Waals surface area contributed by atoms with Gasteiger partial charge in [0.2, 0.25) is 6.41 Å². The predicted molar refractivity (Wildman–Crippen MR) is 138 cm³/mol. The molecule has 1 saturated heterocycles. The summed E-state index contributed by atoms with van der Waals surface area (Å²) in [6.45, 7) is 1.25. The zero-order valence-electron chi connectivity index (χ0n) is 19.8. The first kappa shape index (κ1) is 22.5. The summed E-state index contributed by atoms with van der Waals surface area (Å²) in [4.78, 5) is 39.7. The SMILES string of the molecule is CN=CC(=CN)c1ccc(-c2ccc3ncc4c(c3c2)n(C2CCCN(C=O)C2)c(=O)n4C)cn1. The Morgan fingerprint density at radius 1 is 1.17 bits per heavy atom. The molecule has 1 fully saturated rings. The van der Waals surface area contributed by atoms with Crippen LogP contribution in [-0.4, -0.2) is 56.8 Å². The van der Waals surface area contributed by atoms with E-state index in [1.54, 1.807) is 42.2 Å². The number of aliphatic imine (C=N–C) groups is 1. The van der Waals surface area contributed by atoms with Crippen LogP contribution in [0, 0.1) is 0 Å². The first-order valence-electron chi connectivity index (χ1n) is 11.6. The van der Waals surface area contributed by atoms with Gasteiger partial charge in [-0.1, -0.05) is 12.1 Å². The summed E-state index contributed by atoms with van der Waals surface area (Å²) in [5.74, 6) is 0. The first-order chi connectivity index (χ1) is 17.0. The number of hydrogen-bond acceptors (Lipinski definition) is 6. The van der Waals surface area contributed by atoms with E-state index < -0.39 is 0 Å². The molecule has 4 heterocycles. The second kappa shape index (κ2) is 9.17. The summed E-state index contributed by atoms with van der Waals surface area (Å²) >= 11 is 0. The lowest BCUT2D eigenvalue weighted by Gasteiger charge is -2.30. The summed E-state index contributed by atoms with van der Waals surface area (Å²) < 4.78 is 3.49. The van der Waals surface area contributed by atoms with Crippen molar-refractivity contribution in [2.24, 2.45) is 17.8 Å². The van der Waals surface area contributed by atoms with E-state index in [9.17, 15) is 9.59 Å². The Bertz CT molecular complexity index is 1530. The Labute approximate surface area is 202 Å². The van der Waals surface area contributed by atoms with Crippen LogP contribution in [0.3, 0.4) is 0 Å². The predicted octanol–water partition coefficient (Wildman–Crippen LogP) is 2.74. The molecule has 1 aliphatic heterocycles. The first-order valence-corrected chi connectivity index (χ1v) is 11.6. The van der Waals surface area contributed by atoms with Crippen molar-refractivity contribution in [2.45, 2.75) is 18.9 Å². The van der Waals surface area contributed by atoms with Crippen molar-refractivity contribution >= 4 is 40.1 Å². The smallest absolute Gasteiger partial charge is 0.329 e. The van der Waals surface area contributed by atoms with Gasteiger partial charge in [-0.05, 0) is 36.6 Å². The maximum Gasteiger partial charge on any atom is 0.329 e. The zero-order valence-corrected chi connectivity index (χ0v) is 19.8. The van der Waals surface area contributed by atoms with Crippen molar-refractivity contribution in [3.05, 3.63) is 65.1 Å². The van der Waals surface area contributed by atoms with Gasteiger partial charge in [-0.3, -0.25) is 28.9 Å². The number of piperidine rings is 1. The highest BCUT2D eigenvalue weighted by Gasteiger charge is 2.26. The van der Waals surface area contributed by atoms with Gasteiger partial charge in [0.15, 0.2) is 0 Å². The number of carbonyl (C=O) groups excluding carboxylic acids is 1. The third kappa shape index (κ3) is 3.88. The van der Waals surface area contributed by atoms with E-state index in [4.69, 9.17) is 5.73 Å². The molecule has 1 atom stereocenters. The molecule has 3 aromatic heterocycles. The Kier molecular flexibility index (Phi) is 5.90. The van der Waals surface area contributed by atoms with E-state index >= 15 is 0 Å². The Hall–Kier alpha value is -4.27. The third-order valence-electron chi connectivity index (χ3n) is 6.70. The van der Waals surface area contributed by atoms with Gasteiger partial charge in [0, 0.05) is 62.3 Å². The zero-order chi connectivity index (χ0) is 24.5. The topological polar surface area (TPSA) is 111 Å². The molecule has 2 N–H and O–H groups in total. The van der Waals surface area contributed by atoms with Crippen LogP contribution >= 0.6 is 0 Å². The molecule has 4 aromatic rings. The number of fused-ring (bicyclic) bond motifs is 3. The van der Waals surface area contributed by atoms with Crippen molar-refractivity contribution in [1.29, 1.82) is 0 Å². The molecule has 9 nitrogen and oxygen atoms in total. The number of aryl methyl sites for hydroxylation is 1. The Morgan fingerprint density at radius 3 is 2.71 bits per heavy atom. The van der Waals surface area contributed by atoms with Crippen LogP contribution in [0.2, 0.25) is 0 Å². The number of aromatic nitrogens is 4. The van der Waals surface area contributed by atoms with E-state index in [1.807, 2.05) is 28.8 Å². The molecule has 0 aliphatic carbocycles. The fourth-order valence-corrected chi connectivity index (χ4v) is 4.90. The van der Waals surface area contributed by atoms with Gasteiger partial charge in [0.1, 0.15) is 0 Å². The average molecular weight is 470 g/mol. The van der Waals surface area contributed by atoms with Crippen LogP contribution in [0.4, 0.5) is 0 Å². The molecule has 1 aliphatic rings. The molecule has 0 bridgehead atoms. The van der Waals surface area contributed by atoms with Crippen LogP contribution in [0.25, 0.3) is 38.6 Å². The van der Waals surface area contributed by atoms with Gasteiger partial charge >= 0.3 is 5.69 Å².